The summed E-state index contributed by atoms with van der Waals surface area (Å²) in [5.41, 5.74) is 0. The number of unbranched alkanes of at least 4 members (excludes halogenated alkanes) is 13. The van der Waals surface area contributed by atoms with Crippen molar-refractivity contribution >= 4 is 5.97 Å². The molecule has 0 aliphatic rings. The van der Waals surface area contributed by atoms with Crippen LogP contribution in [0.15, 0.2) is 0 Å². The molecule has 0 amide bonds. The largest absolute Gasteiger partial charge is 0.481 e. The molecule has 0 aromatic carbocycles. The second-order valence-corrected chi connectivity index (χ2v) is 7.76. The van der Waals surface area contributed by atoms with Crippen molar-refractivity contribution in [3.8, 4) is 0 Å². The van der Waals surface area contributed by atoms with Crippen molar-refractivity contribution in [2.24, 2.45) is 0 Å². The number of carboxylic acid groups (broad SMARTS) is 1. The molecule has 0 fully saturated rings. The van der Waals surface area contributed by atoms with E-state index in [1.165, 1.54) is 83.5 Å². The number of rotatable bonds is 23. The molecule has 0 heterocycles. The zero-order valence-electron chi connectivity index (χ0n) is 18.6. The van der Waals surface area contributed by atoms with Crippen LogP contribution in [0.5, 0.6) is 0 Å². The van der Waals surface area contributed by atoms with Gasteiger partial charge in [-0.1, -0.05) is 90.4 Å². The number of methoxy groups -OCH3 is 1. The number of hydrogen-bond acceptors (Lipinski definition) is 4. The molecule has 28 heavy (non-hydrogen) atoms. The Morgan fingerprint density at radius 2 is 1.25 bits per heavy atom. The van der Waals surface area contributed by atoms with E-state index in [0.717, 1.165) is 13.0 Å². The van der Waals surface area contributed by atoms with E-state index in [4.69, 9.17) is 19.3 Å². The van der Waals surface area contributed by atoms with Gasteiger partial charge in [0.25, 0.3) is 0 Å². The van der Waals surface area contributed by atoms with E-state index in [9.17, 15) is 4.79 Å². The van der Waals surface area contributed by atoms with Gasteiger partial charge in [-0.05, 0) is 6.42 Å². The molecule has 0 radical (unpaired) electrons. The minimum atomic E-state index is -0.848. The highest BCUT2D eigenvalue weighted by Crippen LogP contribution is 2.13. The smallest absolute Gasteiger partial charge is 0.305 e. The lowest BCUT2D eigenvalue weighted by atomic mass is 10.0. The van der Waals surface area contributed by atoms with Gasteiger partial charge in [-0.15, -0.1) is 0 Å². The molecule has 0 aromatic rings. The predicted molar refractivity (Wildman–Crippen MR) is 115 cm³/mol. The summed E-state index contributed by atoms with van der Waals surface area (Å²) in [7, 11) is 1.61. The van der Waals surface area contributed by atoms with Crippen molar-refractivity contribution in [1.29, 1.82) is 0 Å². The van der Waals surface area contributed by atoms with Gasteiger partial charge in [0, 0.05) is 13.7 Å². The van der Waals surface area contributed by atoms with Gasteiger partial charge in [0.2, 0.25) is 0 Å². The van der Waals surface area contributed by atoms with Crippen LogP contribution in [0.1, 0.15) is 103 Å². The summed E-state index contributed by atoms with van der Waals surface area (Å²) >= 11 is 0. The van der Waals surface area contributed by atoms with E-state index in [1.807, 2.05) is 0 Å². The maximum atomic E-state index is 10.5. The van der Waals surface area contributed by atoms with Crippen molar-refractivity contribution in [2.45, 2.75) is 109 Å². The number of hydrogen-bond donors (Lipinski definition) is 1. The Labute approximate surface area is 173 Å². The van der Waals surface area contributed by atoms with E-state index >= 15 is 0 Å². The maximum absolute atomic E-state index is 10.5. The molecular weight excluding hydrogens is 356 g/mol. The van der Waals surface area contributed by atoms with E-state index < -0.39 is 5.97 Å². The van der Waals surface area contributed by atoms with Crippen LogP contribution in [0, 0.1) is 0 Å². The molecule has 0 aromatic heterocycles. The second kappa shape index (κ2) is 22.6. The third-order valence-corrected chi connectivity index (χ3v) is 4.97. The monoisotopic (exact) mass is 402 g/mol. The van der Waals surface area contributed by atoms with Crippen molar-refractivity contribution in [2.75, 3.05) is 33.5 Å². The van der Waals surface area contributed by atoms with Gasteiger partial charge in [0.15, 0.2) is 0 Å². The lowest BCUT2D eigenvalue weighted by Gasteiger charge is -2.16. The Morgan fingerprint density at radius 3 is 1.71 bits per heavy atom. The Balaban J connectivity index is 3.29. The molecule has 1 N–H and O–H groups in total. The van der Waals surface area contributed by atoms with Gasteiger partial charge in [-0.2, -0.15) is 0 Å². The molecule has 0 bridgehead atoms. The molecule has 168 valence electrons. The third kappa shape index (κ3) is 21.6. The quantitative estimate of drug-likeness (QED) is 0.213. The zero-order chi connectivity index (χ0) is 20.7. The van der Waals surface area contributed by atoms with Gasteiger partial charge in [0.1, 0.15) is 6.10 Å². The lowest BCUT2D eigenvalue weighted by Crippen LogP contribution is -2.26. The fraction of sp³-hybridized carbons (Fsp3) is 0.957. The van der Waals surface area contributed by atoms with Gasteiger partial charge < -0.3 is 19.3 Å². The topological polar surface area (TPSA) is 65.0 Å². The van der Waals surface area contributed by atoms with Gasteiger partial charge >= 0.3 is 5.97 Å². The van der Waals surface area contributed by atoms with Crippen LogP contribution in [0.2, 0.25) is 0 Å². The average molecular weight is 403 g/mol. The number of carbonyl (C=O) groups is 1. The SMILES string of the molecule is CCCCCCCCCCCCCCCCOCC(COC)OCCC(=O)O. The summed E-state index contributed by atoms with van der Waals surface area (Å²) < 4.78 is 16.2. The third-order valence-electron chi connectivity index (χ3n) is 4.97. The molecule has 0 rings (SSSR count). The van der Waals surface area contributed by atoms with Crippen molar-refractivity contribution in [3.63, 3.8) is 0 Å². The zero-order valence-corrected chi connectivity index (χ0v) is 18.6. The van der Waals surface area contributed by atoms with Crippen LogP contribution >= 0.6 is 0 Å². The summed E-state index contributed by atoms with van der Waals surface area (Å²) in [6, 6.07) is 0. The first-order chi connectivity index (χ1) is 13.7. The minimum absolute atomic E-state index is 0.0131. The number of ether oxygens (including phenoxy) is 3. The molecule has 0 aliphatic carbocycles. The Hall–Kier alpha value is -0.650. The molecule has 5 heteroatoms. The summed E-state index contributed by atoms with van der Waals surface area (Å²) in [5, 5.41) is 8.64. The highest BCUT2D eigenvalue weighted by atomic mass is 16.6. The van der Waals surface area contributed by atoms with Crippen LogP contribution in [-0.4, -0.2) is 50.7 Å². The van der Waals surface area contributed by atoms with E-state index in [2.05, 4.69) is 6.92 Å². The predicted octanol–water partition coefficient (Wildman–Crippen LogP) is 5.99. The molecular formula is C23H46O5. The summed E-state index contributed by atoms with van der Waals surface area (Å²) in [6.45, 7) is 4.10. The van der Waals surface area contributed by atoms with E-state index in [0.29, 0.717) is 13.2 Å². The first-order valence-electron chi connectivity index (χ1n) is 11.6. The molecule has 0 aliphatic heterocycles. The number of carboxylic acids is 1. The maximum Gasteiger partial charge on any atom is 0.305 e. The normalized spacial score (nSPS) is 12.4. The van der Waals surface area contributed by atoms with Crippen LogP contribution in [0.4, 0.5) is 0 Å². The van der Waals surface area contributed by atoms with Crippen LogP contribution in [0.3, 0.4) is 0 Å². The summed E-state index contributed by atoms with van der Waals surface area (Å²) in [6.07, 6.45) is 18.7. The summed E-state index contributed by atoms with van der Waals surface area (Å²) in [5.74, 6) is -0.848. The molecule has 0 saturated carbocycles. The van der Waals surface area contributed by atoms with E-state index in [-0.39, 0.29) is 19.1 Å². The highest BCUT2D eigenvalue weighted by molar-refractivity contribution is 5.66. The Kier molecular flexibility index (Phi) is 22.1. The van der Waals surface area contributed by atoms with Crippen molar-refractivity contribution in [1.82, 2.24) is 0 Å². The van der Waals surface area contributed by atoms with Gasteiger partial charge in [-0.25, -0.2) is 0 Å². The molecule has 1 unspecified atom stereocenters. The van der Waals surface area contributed by atoms with Gasteiger partial charge in [-0.3, -0.25) is 4.79 Å². The first-order valence-corrected chi connectivity index (χ1v) is 11.6. The van der Waals surface area contributed by atoms with Crippen LogP contribution in [-0.2, 0) is 19.0 Å². The standard InChI is InChI=1S/C23H46O5/c1-3-4-5-6-7-8-9-10-11-12-13-14-15-16-18-27-21-22(20-26-2)28-19-17-23(24)25/h22H,3-21H2,1-2H3,(H,24,25). The fourth-order valence-electron chi connectivity index (χ4n) is 3.26. The average Bonchev–Trinajstić information content (AvgIpc) is 2.67. The van der Waals surface area contributed by atoms with Crippen LogP contribution in [0.25, 0.3) is 0 Å². The highest BCUT2D eigenvalue weighted by Gasteiger charge is 2.10. The molecule has 5 nitrogen and oxygen atoms in total. The Morgan fingerprint density at radius 1 is 0.750 bits per heavy atom. The van der Waals surface area contributed by atoms with Crippen LogP contribution < -0.4 is 0 Å². The lowest BCUT2D eigenvalue weighted by molar-refractivity contribution is -0.139. The number of aliphatic carboxylic acids is 1. The first kappa shape index (κ1) is 27.4. The molecule has 0 spiro atoms. The van der Waals surface area contributed by atoms with E-state index in [1.54, 1.807) is 7.11 Å². The van der Waals surface area contributed by atoms with Gasteiger partial charge in [0.05, 0.1) is 26.2 Å². The fourth-order valence-corrected chi connectivity index (χ4v) is 3.26. The van der Waals surface area contributed by atoms with Crippen molar-refractivity contribution < 1.29 is 24.1 Å². The minimum Gasteiger partial charge on any atom is -0.481 e. The molecule has 1 atom stereocenters. The Bertz CT molecular complexity index is 322. The van der Waals surface area contributed by atoms with Crippen molar-refractivity contribution in [3.05, 3.63) is 0 Å². The summed E-state index contributed by atoms with van der Waals surface area (Å²) in [4.78, 5) is 10.5. The second-order valence-electron chi connectivity index (χ2n) is 7.76. The molecule has 0 saturated heterocycles.